The number of hydrogen-bond acceptors (Lipinski definition) is 2. The summed E-state index contributed by atoms with van der Waals surface area (Å²) in [6.45, 7) is 2.23. The Bertz CT molecular complexity index is 599. The minimum Gasteiger partial charge on any atom is -0.366 e. The van der Waals surface area contributed by atoms with E-state index in [1.807, 2.05) is 18.9 Å². The lowest BCUT2D eigenvalue weighted by atomic mass is 9.99. The Labute approximate surface area is 117 Å². The lowest BCUT2D eigenvalue weighted by molar-refractivity contribution is 0.610. The van der Waals surface area contributed by atoms with Gasteiger partial charge >= 0.3 is 0 Å². The second-order valence-electron chi connectivity index (χ2n) is 4.84. The monoisotopic (exact) mass is 276 g/mol. The standard InChI is InChI=1S/C16H18F2N2/c1-11-6-7-13(18)9-15(11)16(10-19)20(2)14-5-3-4-12(17)8-14/h3-9,16H,10,19H2,1-2H3. The molecule has 0 radical (unpaired) electrons. The zero-order valence-electron chi connectivity index (χ0n) is 11.6. The average molecular weight is 276 g/mol. The first-order chi connectivity index (χ1) is 9.52. The lowest BCUT2D eigenvalue weighted by Gasteiger charge is -2.30. The summed E-state index contributed by atoms with van der Waals surface area (Å²) in [5.41, 5.74) is 8.34. The highest BCUT2D eigenvalue weighted by atomic mass is 19.1. The fraction of sp³-hybridized carbons (Fsp3) is 0.250. The summed E-state index contributed by atoms with van der Waals surface area (Å²) in [5, 5.41) is 0. The summed E-state index contributed by atoms with van der Waals surface area (Å²) < 4.78 is 26.8. The van der Waals surface area contributed by atoms with E-state index < -0.39 is 0 Å². The largest absolute Gasteiger partial charge is 0.366 e. The molecule has 0 saturated carbocycles. The summed E-state index contributed by atoms with van der Waals surface area (Å²) in [6, 6.07) is 10.7. The highest BCUT2D eigenvalue weighted by molar-refractivity contribution is 5.49. The first-order valence-corrected chi connectivity index (χ1v) is 6.47. The topological polar surface area (TPSA) is 29.3 Å². The Morgan fingerprint density at radius 2 is 1.80 bits per heavy atom. The van der Waals surface area contributed by atoms with Crippen molar-refractivity contribution in [3.8, 4) is 0 Å². The normalized spacial score (nSPS) is 12.2. The minimum absolute atomic E-state index is 0.201. The van der Waals surface area contributed by atoms with E-state index in [0.29, 0.717) is 12.2 Å². The molecule has 0 saturated heterocycles. The molecular formula is C16H18F2N2. The molecule has 2 N–H and O–H groups in total. The minimum atomic E-state index is -0.305. The molecule has 0 bridgehead atoms. The zero-order valence-corrected chi connectivity index (χ0v) is 11.6. The van der Waals surface area contributed by atoms with Gasteiger partial charge in [0.25, 0.3) is 0 Å². The second kappa shape index (κ2) is 6.01. The number of halogens is 2. The van der Waals surface area contributed by atoms with Crippen LogP contribution < -0.4 is 10.6 Å². The maximum Gasteiger partial charge on any atom is 0.125 e. The number of nitrogens with two attached hydrogens (primary N) is 1. The molecule has 2 rings (SSSR count). The van der Waals surface area contributed by atoms with Gasteiger partial charge < -0.3 is 10.6 Å². The van der Waals surface area contributed by atoms with Crippen LogP contribution in [0.25, 0.3) is 0 Å². The van der Waals surface area contributed by atoms with Gasteiger partial charge in [0.05, 0.1) is 6.04 Å². The van der Waals surface area contributed by atoms with Crippen LogP contribution in [0, 0.1) is 18.6 Å². The van der Waals surface area contributed by atoms with Crippen LogP contribution in [-0.2, 0) is 0 Å². The molecule has 2 nitrogen and oxygen atoms in total. The van der Waals surface area contributed by atoms with E-state index in [1.165, 1.54) is 24.3 Å². The number of benzene rings is 2. The van der Waals surface area contributed by atoms with Crippen LogP contribution in [0.2, 0.25) is 0 Å². The van der Waals surface area contributed by atoms with Gasteiger partial charge in [0.2, 0.25) is 0 Å². The van der Waals surface area contributed by atoms with E-state index in [1.54, 1.807) is 18.2 Å². The second-order valence-corrected chi connectivity index (χ2v) is 4.84. The Kier molecular flexibility index (Phi) is 4.35. The van der Waals surface area contributed by atoms with Gasteiger partial charge in [0.15, 0.2) is 0 Å². The molecule has 2 aromatic rings. The van der Waals surface area contributed by atoms with Crippen LogP contribution in [0.1, 0.15) is 17.2 Å². The van der Waals surface area contributed by atoms with E-state index in [2.05, 4.69) is 0 Å². The molecular weight excluding hydrogens is 258 g/mol. The number of nitrogens with zero attached hydrogens (tertiary/aromatic N) is 1. The smallest absolute Gasteiger partial charge is 0.125 e. The first kappa shape index (κ1) is 14.5. The Morgan fingerprint density at radius 3 is 2.45 bits per heavy atom. The zero-order chi connectivity index (χ0) is 14.7. The number of aryl methyl sites for hydroxylation is 1. The van der Waals surface area contributed by atoms with Crippen molar-refractivity contribution >= 4 is 5.69 Å². The van der Waals surface area contributed by atoms with Crippen molar-refractivity contribution < 1.29 is 8.78 Å². The van der Waals surface area contributed by atoms with Crippen molar-refractivity contribution in [2.45, 2.75) is 13.0 Å². The van der Waals surface area contributed by atoms with Crippen LogP contribution in [0.5, 0.6) is 0 Å². The van der Waals surface area contributed by atoms with Gasteiger partial charge in [-0.2, -0.15) is 0 Å². The molecule has 4 heteroatoms. The molecule has 106 valence electrons. The van der Waals surface area contributed by atoms with E-state index in [0.717, 1.165) is 11.1 Å². The van der Waals surface area contributed by atoms with Crippen LogP contribution in [0.3, 0.4) is 0 Å². The average Bonchev–Trinajstić information content (AvgIpc) is 2.43. The molecule has 20 heavy (non-hydrogen) atoms. The predicted molar refractivity (Wildman–Crippen MR) is 77.7 cm³/mol. The summed E-state index contributed by atoms with van der Waals surface area (Å²) >= 11 is 0. The fourth-order valence-corrected chi connectivity index (χ4v) is 2.34. The van der Waals surface area contributed by atoms with Gasteiger partial charge in [-0.05, 0) is 48.4 Å². The molecule has 2 aromatic carbocycles. The first-order valence-electron chi connectivity index (χ1n) is 6.47. The third-order valence-corrected chi connectivity index (χ3v) is 3.51. The Hall–Kier alpha value is -1.94. The van der Waals surface area contributed by atoms with Gasteiger partial charge in [-0.1, -0.05) is 12.1 Å². The van der Waals surface area contributed by atoms with E-state index in [9.17, 15) is 8.78 Å². The molecule has 0 heterocycles. The summed E-state index contributed by atoms with van der Waals surface area (Å²) in [4.78, 5) is 1.87. The number of anilines is 1. The molecule has 1 atom stereocenters. The van der Waals surface area contributed by atoms with Crippen molar-refractivity contribution in [2.75, 3.05) is 18.5 Å². The molecule has 1 unspecified atom stereocenters. The van der Waals surface area contributed by atoms with Crippen LogP contribution in [0.4, 0.5) is 14.5 Å². The van der Waals surface area contributed by atoms with Gasteiger partial charge in [0.1, 0.15) is 11.6 Å². The van der Waals surface area contributed by atoms with Crippen molar-refractivity contribution in [1.29, 1.82) is 0 Å². The number of hydrogen-bond donors (Lipinski definition) is 1. The summed E-state index contributed by atoms with van der Waals surface area (Å²) in [6.07, 6.45) is 0. The Balaban J connectivity index is 2.39. The van der Waals surface area contributed by atoms with E-state index in [-0.39, 0.29) is 17.7 Å². The van der Waals surface area contributed by atoms with Gasteiger partial charge in [-0.3, -0.25) is 0 Å². The van der Waals surface area contributed by atoms with Gasteiger partial charge in [-0.25, -0.2) is 8.78 Å². The molecule has 0 spiro atoms. The summed E-state index contributed by atoms with van der Waals surface area (Å²) in [7, 11) is 1.83. The van der Waals surface area contributed by atoms with Gasteiger partial charge in [0, 0.05) is 19.3 Å². The van der Waals surface area contributed by atoms with Crippen molar-refractivity contribution in [1.82, 2.24) is 0 Å². The number of likely N-dealkylation sites (N-methyl/N-ethyl adjacent to an activating group) is 1. The summed E-state index contributed by atoms with van der Waals surface area (Å²) in [5.74, 6) is -0.599. The lowest BCUT2D eigenvalue weighted by Crippen LogP contribution is -2.31. The third-order valence-electron chi connectivity index (χ3n) is 3.51. The predicted octanol–water partition coefficient (Wildman–Crippen LogP) is 3.41. The van der Waals surface area contributed by atoms with Crippen LogP contribution >= 0.6 is 0 Å². The van der Waals surface area contributed by atoms with Crippen LogP contribution in [-0.4, -0.2) is 13.6 Å². The highest BCUT2D eigenvalue weighted by Crippen LogP contribution is 2.27. The maximum atomic E-state index is 13.5. The third kappa shape index (κ3) is 2.96. The van der Waals surface area contributed by atoms with Crippen molar-refractivity contribution in [2.24, 2.45) is 5.73 Å². The van der Waals surface area contributed by atoms with Crippen molar-refractivity contribution in [3.63, 3.8) is 0 Å². The quantitative estimate of drug-likeness (QED) is 0.927. The molecule has 0 aromatic heterocycles. The van der Waals surface area contributed by atoms with E-state index >= 15 is 0 Å². The highest BCUT2D eigenvalue weighted by Gasteiger charge is 2.18. The fourth-order valence-electron chi connectivity index (χ4n) is 2.34. The molecule has 0 aliphatic rings. The van der Waals surface area contributed by atoms with Crippen LogP contribution in [0.15, 0.2) is 42.5 Å². The van der Waals surface area contributed by atoms with Crippen molar-refractivity contribution in [3.05, 3.63) is 65.2 Å². The molecule has 0 aliphatic carbocycles. The molecule has 0 aliphatic heterocycles. The maximum absolute atomic E-state index is 13.5. The van der Waals surface area contributed by atoms with E-state index in [4.69, 9.17) is 5.73 Å². The Morgan fingerprint density at radius 1 is 1.10 bits per heavy atom. The number of rotatable bonds is 4. The van der Waals surface area contributed by atoms with Gasteiger partial charge in [-0.15, -0.1) is 0 Å². The molecule has 0 amide bonds. The SMILES string of the molecule is Cc1ccc(F)cc1C(CN)N(C)c1cccc(F)c1. The molecule has 0 fully saturated rings.